The molecule has 0 spiro atoms. The van der Waals surface area contributed by atoms with Crippen molar-refractivity contribution < 1.29 is 19.4 Å². The van der Waals surface area contributed by atoms with Gasteiger partial charge in [0.25, 0.3) is 5.91 Å². The molecule has 2 fully saturated rings. The zero-order chi connectivity index (χ0) is 32.3. The first kappa shape index (κ1) is 32.6. The molecule has 46 heavy (non-hydrogen) atoms. The third-order valence-electron chi connectivity index (χ3n) is 8.62. The summed E-state index contributed by atoms with van der Waals surface area (Å²) in [5.74, 6) is 0.440. The number of benzene rings is 1. The maximum absolute atomic E-state index is 14.2. The van der Waals surface area contributed by atoms with Gasteiger partial charge < -0.3 is 30.5 Å². The molecule has 2 unspecified atom stereocenters. The molecular formula is C35H39Cl2N5O4. The van der Waals surface area contributed by atoms with Crippen molar-refractivity contribution >= 4 is 34.7 Å². The van der Waals surface area contributed by atoms with Crippen molar-refractivity contribution in [2.24, 2.45) is 0 Å². The smallest absolute Gasteiger partial charge is 0.270 e. The van der Waals surface area contributed by atoms with Crippen molar-refractivity contribution in [3.63, 3.8) is 0 Å². The number of methoxy groups -OCH3 is 1. The molecule has 1 aliphatic heterocycles. The molecule has 1 saturated carbocycles. The molecule has 3 aromatic rings. The first-order valence-corrected chi connectivity index (χ1v) is 16.4. The molecule has 1 aromatic carbocycles. The fourth-order valence-electron chi connectivity index (χ4n) is 5.86. The number of amides is 1. The van der Waals surface area contributed by atoms with E-state index in [-0.39, 0.29) is 5.91 Å². The summed E-state index contributed by atoms with van der Waals surface area (Å²) < 4.78 is 11.0. The Morgan fingerprint density at radius 3 is 2.67 bits per heavy atom. The number of rotatable bonds is 13. The number of carbonyl (C=O) groups excluding carboxylic acids is 1. The van der Waals surface area contributed by atoms with Gasteiger partial charge >= 0.3 is 0 Å². The van der Waals surface area contributed by atoms with Gasteiger partial charge in [-0.25, -0.2) is 4.98 Å². The Bertz CT molecular complexity index is 1640. The number of nitrogens with one attached hydrogen (secondary N) is 3. The predicted molar refractivity (Wildman–Crippen MR) is 179 cm³/mol. The highest BCUT2D eigenvalue weighted by Gasteiger charge is 2.45. The number of nitrogens with zero attached hydrogens (tertiary/aromatic N) is 2. The summed E-state index contributed by atoms with van der Waals surface area (Å²) in [6.07, 6.45) is 9.13. The molecule has 242 valence electrons. The van der Waals surface area contributed by atoms with Crippen molar-refractivity contribution in [3.05, 3.63) is 106 Å². The lowest BCUT2D eigenvalue weighted by Gasteiger charge is -2.39. The summed E-state index contributed by atoms with van der Waals surface area (Å²) in [5.41, 5.74) is 4.09. The summed E-state index contributed by atoms with van der Waals surface area (Å²) in [6.45, 7) is 4.68. The van der Waals surface area contributed by atoms with E-state index in [1.165, 1.54) is 0 Å². The number of pyridine rings is 2. The van der Waals surface area contributed by atoms with E-state index in [1.807, 2.05) is 66.9 Å². The van der Waals surface area contributed by atoms with Crippen LogP contribution < -0.4 is 20.7 Å². The number of allylic oxidation sites excluding steroid dienone is 2. The van der Waals surface area contributed by atoms with Crippen molar-refractivity contribution in [3.8, 4) is 5.88 Å². The first-order chi connectivity index (χ1) is 22.3. The van der Waals surface area contributed by atoms with Crippen molar-refractivity contribution in [2.45, 2.75) is 61.8 Å². The largest absolute Gasteiger partial charge is 0.481 e. The summed E-state index contributed by atoms with van der Waals surface area (Å²) in [5, 5.41) is 19.4. The fourth-order valence-corrected chi connectivity index (χ4v) is 6.53. The lowest BCUT2D eigenvalue weighted by atomic mass is 9.80. The highest BCUT2D eigenvalue weighted by molar-refractivity contribution is 6.34. The van der Waals surface area contributed by atoms with Crippen LogP contribution in [0.4, 0.5) is 0 Å². The molecule has 3 heterocycles. The number of aromatic nitrogens is 2. The number of hydrogen-bond acceptors (Lipinski definition) is 8. The van der Waals surface area contributed by atoms with Crippen LogP contribution in [0.1, 0.15) is 64.1 Å². The lowest BCUT2D eigenvalue weighted by Crippen LogP contribution is -2.52. The monoisotopic (exact) mass is 663 g/mol. The SMILES string of the molecule is COc1nc(C2(NC(=O)c3cc(C4CC4)c(CNC4COC4)cn3)C=CC=C(c3ccccc3Cl)[C@@H]2Cl)ccc1CNCC(C)O. The first-order valence-electron chi connectivity index (χ1n) is 15.6. The topological polar surface area (TPSA) is 118 Å². The van der Waals surface area contributed by atoms with Crippen molar-refractivity contribution in [1.29, 1.82) is 0 Å². The third kappa shape index (κ3) is 7.00. The molecule has 2 aromatic heterocycles. The van der Waals surface area contributed by atoms with E-state index in [0.29, 0.717) is 67.1 Å². The number of alkyl halides is 1. The molecule has 0 bridgehead atoms. The van der Waals surface area contributed by atoms with Gasteiger partial charge in [0, 0.05) is 36.4 Å². The molecule has 3 atom stereocenters. The molecule has 1 saturated heterocycles. The van der Waals surface area contributed by atoms with E-state index < -0.39 is 17.0 Å². The molecule has 2 aliphatic carbocycles. The van der Waals surface area contributed by atoms with E-state index in [4.69, 9.17) is 37.7 Å². The van der Waals surface area contributed by atoms with Gasteiger partial charge in [0.15, 0.2) is 0 Å². The van der Waals surface area contributed by atoms with Gasteiger partial charge in [0.2, 0.25) is 5.88 Å². The minimum atomic E-state index is -1.27. The molecule has 3 aliphatic rings. The highest BCUT2D eigenvalue weighted by Crippen LogP contribution is 2.44. The number of ether oxygens (including phenoxy) is 2. The van der Waals surface area contributed by atoms with Crippen LogP contribution in [-0.2, 0) is 23.4 Å². The molecule has 11 heteroatoms. The number of hydrogen-bond donors (Lipinski definition) is 4. The number of carbonyl (C=O) groups is 1. The average molecular weight is 665 g/mol. The fraction of sp³-hybridized carbons (Fsp3) is 0.400. The zero-order valence-electron chi connectivity index (χ0n) is 25.9. The average Bonchev–Trinajstić information content (AvgIpc) is 3.87. The Kier molecular flexibility index (Phi) is 10.1. The van der Waals surface area contributed by atoms with Crippen LogP contribution in [-0.4, -0.2) is 65.4 Å². The van der Waals surface area contributed by atoms with Gasteiger partial charge in [-0.3, -0.25) is 9.78 Å². The van der Waals surface area contributed by atoms with E-state index in [9.17, 15) is 9.90 Å². The van der Waals surface area contributed by atoms with Crippen LogP contribution in [0, 0.1) is 0 Å². The van der Waals surface area contributed by atoms with Crippen LogP contribution in [0.15, 0.2) is 66.9 Å². The molecule has 0 radical (unpaired) electrons. The summed E-state index contributed by atoms with van der Waals surface area (Å²) >= 11 is 14.0. The second-order valence-corrected chi connectivity index (χ2v) is 13.0. The predicted octanol–water partition coefficient (Wildman–Crippen LogP) is 4.86. The van der Waals surface area contributed by atoms with Crippen molar-refractivity contribution in [1.82, 2.24) is 25.9 Å². The Morgan fingerprint density at radius 1 is 1.17 bits per heavy atom. The summed E-state index contributed by atoms with van der Waals surface area (Å²) in [7, 11) is 1.55. The van der Waals surface area contributed by atoms with Crippen molar-refractivity contribution in [2.75, 3.05) is 26.9 Å². The Labute approximate surface area is 279 Å². The van der Waals surface area contributed by atoms with E-state index >= 15 is 0 Å². The van der Waals surface area contributed by atoms with E-state index in [2.05, 4.69) is 20.9 Å². The number of halogens is 2. The van der Waals surface area contributed by atoms with Gasteiger partial charge in [0.05, 0.1) is 43.5 Å². The van der Waals surface area contributed by atoms with Gasteiger partial charge in [-0.1, -0.05) is 54.1 Å². The number of aliphatic hydroxyl groups excluding tert-OH is 1. The van der Waals surface area contributed by atoms with Crippen LogP contribution >= 0.6 is 23.2 Å². The van der Waals surface area contributed by atoms with Crippen LogP contribution in [0.3, 0.4) is 0 Å². The summed E-state index contributed by atoms with van der Waals surface area (Å²) in [6, 6.07) is 13.5. The second kappa shape index (κ2) is 14.2. The zero-order valence-corrected chi connectivity index (χ0v) is 27.4. The molecule has 1 amide bonds. The lowest BCUT2D eigenvalue weighted by molar-refractivity contribution is -0.00582. The molecule has 9 nitrogen and oxygen atoms in total. The Morgan fingerprint density at radius 2 is 1.98 bits per heavy atom. The van der Waals surface area contributed by atoms with E-state index in [0.717, 1.165) is 40.7 Å². The quantitative estimate of drug-likeness (QED) is 0.192. The van der Waals surface area contributed by atoms with E-state index in [1.54, 1.807) is 14.0 Å². The highest BCUT2D eigenvalue weighted by atomic mass is 35.5. The maximum Gasteiger partial charge on any atom is 0.270 e. The minimum absolute atomic E-state index is 0.314. The molecule has 6 rings (SSSR count). The minimum Gasteiger partial charge on any atom is -0.481 e. The standard InChI is InChI=1S/C35H39Cl2N5O4/c1-21(43)15-38-16-23-11-12-31(41-34(23)45-2)35(13-5-7-27(32(35)37)26-6-3-4-8-29(26)36)42-33(44)30-14-28(22-9-10-22)24(18-40-30)17-39-25-19-46-20-25/h3-8,11-14,18,21-22,25,32,38-39,43H,9-10,15-17,19-20H2,1-2H3,(H,42,44)/t21?,32-,35?/m0/s1. The second-order valence-electron chi connectivity index (χ2n) is 12.1. The third-order valence-corrected chi connectivity index (χ3v) is 9.52. The molecule has 4 N–H and O–H groups in total. The van der Waals surface area contributed by atoms with Gasteiger partial charge in [-0.15, -0.1) is 11.6 Å². The van der Waals surface area contributed by atoms with Crippen LogP contribution in [0.25, 0.3) is 5.57 Å². The van der Waals surface area contributed by atoms with Gasteiger partial charge in [-0.2, -0.15) is 0 Å². The summed E-state index contributed by atoms with van der Waals surface area (Å²) in [4.78, 5) is 23.7. The van der Waals surface area contributed by atoms with Gasteiger partial charge in [0.1, 0.15) is 11.2 Å². The Balaban J connectivity index is 1.35. The Hall–Kier alpha value is -3.31. The molecular weight excluding hydrogens is 625 g/mol. The van der Waals surface area contributed by atoms with Gasteiger partial charge in [-0.05, 0) is 66.1 Å². The maximum atomic E-state index is 14.2. The number of aliphatic hydroxyl groups is 1. The normalized spacial score (nSPS) is 21.8. The van der Waals surface area contributed by atoms with Crippen LogP contribution in [0.2, 0.25) is 5.02 Å². The van der Waals surface area contributed by atoms with Crippen LogP contribution in [0.5, 0.6) is 5.88 Å².